The quantitative estimate of drug-likeness (QED) is 0.117. The van der Waals surface area contributed by atoms with Gasteiger partial charge in [-0.15, -0.1) is 11.3 Å². The van der Waals surface area contributed by atoms with Crippen molar-refractivity contribution in [3.05, 3.63) is 68.7 Å². The summed E-state index contributed by atoms with van der Waals surface area (Å²) in [5.41, 5.74) is 1.61. The maximum absolute atomic E-state index is 13.6. The molecule has 0 bridgehead atoms. The Morgan fingerprint density at radius 2 is 1.95 bits per heavy atom. The van der Waals surface area contributed by atoms with Gasteiger partial charge in [-0.1, -0.05) is 6.92 Å². The van der Waals surface area contributed by atoms with Crippen LogP contribution in [0.2, 0.25) is 0 Å². The summed E-state index contributed by atoms with van der Waals surface area (Å²) in [4.78, 5) is 59.9. The highest BCUT2D eigenvalue weighted by atomic mass is 32.2. The molecule has 0 spiro atoms. The third-order valence-electron chi connectivity index (χ3n) is 8.38. The number of thiazole rings is 1. The summed E-state index contributed by atoms with van der Waals surface area (Å²) >= 11 is 3.26. The van der Waals surface area contributed by atoms with Crippen LogP contribution >= 0.6 is 23.1 Å². The summed E-state index contributed by atoms with van der Waals surface area (Å²) in [5.74, 6) is 0.111. The topological polar surface area (TPSA) is 148 Å². The van der Waals surface area contributed by atoms with Gasteiger partial charge in [-0.25, -0.2) is 9.78 Å². The van der Waals surface area contributed by atoms with E-state index < -0.39 is 29.0 Å². The number of Topliss-reactive ketones (excluding diaryl/α,β-unsaturated/α-hetero) is 1. The number of esters is 1. The van der Waals surface area contributed by atoms with E-state index in [-0.39, 0.29) is 35.6 Å². The number of fused-ring (bicyclic) bond motifs is 2. The first-order chi connectivity index (χ1) is 20.7. The van der Waals surface area contributed by atoms with Gasteiger partial charge >= 0.3 is 5.97 Å². The highest BCUT2D eigenvalue weighted by molar-refractivity contribution is 7.99. The van der Waals surface area contributed by atoms with E-state index in [2.05, 4.69) is 9.88 Å². The zero-order chi connectivity index (χ0) is 30.4. The zero-order valence-electron chi connectivity index (χ0n) is 23.7. The summed E-state index contributed by atoms with van der Waals surface area (Å²) in [6, 6.07) is 5.28. The number of hydrogen-bond acceptors (Lipinski definition) is 11. The Hall–Kier alpha value is -3.59. The van der Waals surface area contributed by atoms with Crippen molar-refractivity contribution in [2.45, 2.75) is 39.0 Å². The molecule has 0 radical (unpaired) electrons. The monoisotopic (exact) mass is 625 g/mol. The highest BCUT2D eigenvalue weighted by Crippen LogP contribution is 2.52. The first kappa shape index (κ1) is 29.5. The lowest BCUT2D eigenvalue weighted by molar-refractivity contribution is -0.384. The van der Waals surface area contributed by atoms with E-state index in [0.717, 1.165) is 24.6 Å². The summed E-state index contributed by atoms with van der Waals surface area (Å²) < 4.78 is 7.39. The highest BCUT2D eigenvalue weighted by Gasteiger charge is 2.60. The molecule has 4 atom stereocenters. The number of rotatable bonds is 10. The Bertz CT molecular complexity index is 1620. The number of thioether (sulfide) groups is 1. The molecule has 226 valence electrons. The van der Waals surface area contributed by atoms with E-state index in [1.165, 1.54) is 40.5 Å². The van der Waals surface area contributed by atoms with Gasteiger partial charge in [0.05, 0.1) is 27.9 Å². The van der Waals surface area contributed by atoms with E-state index in [0.29, 0.717) is 39.5 Å². The van der Waals surface area contributed by atoms with Gasteiger partial charge in [0.15, 0.2) is 5.78 Å². The Labute approximate surface area is 255 Å². The molecule has 43 heavy (non-hydrogen) atoms. The van der Waals surface area contributed by atoms with Crippen LogP contribution < -0.4 is 0 Å². The van der Waals surface area contributed by atoms with Crippen LogP contribution in [0, 0.1) is 22.0 Å². The number of hydrogen-bond donors (Lipinski definition) is 1. The number of aliphatic hydroxyl groups is 1. The number of aliphatic hydroxyl groups excluding tert-OH is 1. The van der Waals surface area contributed by atoms with Gasteiger partial charge in [-0.05, 0) is 24.6 Å². The molecule has 0 unspecified atom stereocenters. The average molecular weight is 626 g/mol. The lowest BCUT2D eigenvalue weighted by Gasteiger charge is -2.46. The number of aromatic nitrogens is 2. The van der Waals surface area contributed by atoms with Gasteiger partial charge in [-0.3, -0.25) is 24.1 Å². The van der Waals surface area contributed by atoms with Crippen molar-refractivity contribution in [2.24, 2.45) is 11.8 Å². The second-order valence-corrected chi connectivity index (χ2v) is 13.3. The minimum Gasteiger partial charge on any atom is -0.456 e. The van der Waals surface area contributed by atoms with Gasteiger partial charge in [0.1, 0.15) is 29.2 Å². The lowest BCUT2D eigenvalue weighted by atomic mass is 9.77. The maximum atomic E-state index is 13.6. The van der Waals surface area contributed by atoms with Gasteiger partial charge in [0.25, 0.3) is 5.69 Å². The molecule has 6 rings (SSSR count). The van der Waals surface area contributed by atoms with Gasteiger partial charge < -0.3 is 19.6 Å². The third kappa shape index (κ3) is 5.37. The smallest absolute Gasteiger partial charge is 0.355 e. The second-order valence-electron chi connectivity index (χ2n) is 11.0. The summed E-state index contributed by atoms with van der Waals surface area (Å²) in [5, 5.41) is 21.3. The number of ether oxygens (including phenoxy) is 1. The van der Waals surface area contributed by atoms with Crippen molar-refractivity contribution in [1.82, 2.24) is 19.2 Å². The fourth-order valence-electron chi connectivity index (χ4n) is 6.13. The molecule has 2 aromatic heterocycles. The summed E-state index contributed by atoms with van der Waals surface area (Å²) in [7, 11) is 0. The van der Waals surface area contributed by atoms with Crippen LogP contribution in [0.3, 0.4) is 0 Å². The number of non-ortho nitro benzene ring substituents is 1. The summed E-state index contributed by atoms with van der Waals surface area (Å²) in [6.45, 7) is 5.97. The molecule has 5 heterocycles. The van der Waals surface area contributed by atoms with Crippen molar-refractivity contribution in [3.8, 4) is 0 Å². The van der Waals surface area contributed by atoms with Crippen molar-refractivity contribution >= 4 is 56.8 Å². The predicted molar refractivity (Wildman–Crippen MR) is 161 cm³/mol. The van der Waals surface area contributed by atoms with Crippen molar-refractivity contribution in [2.75, 3.05) is 31.1 Å². The predicted octanol–water partition coefficient (Wildman–Crippen LogP) is 3.24. The van der Waals surface area contributed by atoms with Crippen LogP contribution in [0.5, 0.6) is 0 Å². The molecule has 12 nitrogen and oxygen atoms in total. The molecule has 3 aliphatic rings. The minimum absolute atomic E-state index is 0.0431. The van der Waals surface area contributed by atoms with Crippen molar-refractivity contribution in [3.63, 3.8) is 0 Å². The fourth-order valence-corrected chi connectivity index (χ4v) is 8.35. The number of imidazole rings is 1. The summed E-state index contributed by atoms with van der Waals surface area (Å²) in [6.07, 6.45) is 2.88. The molecule has 0 saturated carbocycles. The molecule has 1 aromatic carbocycles. The number of carbonyl (C=O) groups is 3. The number of ketones is 1. The Kier molecular flexibility index (Phi) is 8.11. The Balaban J connectivity index is 1.28. The molecular weight excluding hydrogens is 594 g/mol. The third-order valence-corrected chi connectivity index (χ3v) is 10.5. The van der Waals surface area contributed by atoms with Crippen LogP contribution in [0.25, 0.3) is 10.4 Å². The molecular formula is C29H31N5O7S2. The van der Waals surface area contributed by atoms with Crippen LogP contribution in [-0.2, 0) is 20.9 Å². The normalized spacial score (nSPS) is 22.9. The minimum atomic E-state index is -0.890. The number of carbonyl (C=O) groups excluding carboxylic acids is 3. The number of nitrogens with zero attached hydrogens (tertiary/aromatic N) is 5. The molecule has 0 aliphatic carbocycles. The van der Waals surface area contributed by atoms with Gasteiger partial charge in [0.2, 0.25) is 5.91 Å². The number of nitro groups is 1. The standard InChI is InChI=1S/C29H31N5O7S2/c1-16-22(21-13-32-15-30-24(28(32)43-21)20(36)7-8-31-9-11-42-12-10-31)26(33-25(16)23(17(2)35)27(33)37)29(38)41-14-18-3-5-19(6-4-18)34(39)40/h3-6,13,15-17,23,25,35H,7-12,14H2,1-2H3/t16-,17+,23+,25+/m0/s1. The molecule has 2 fully saturated rings. The molecule has 1 amide bonds. The average Bonchev–Trinajstić information content (AvgIpc) is 3.65. The van der Waals surface area contributed by atoms with E-state index in [4.69, 9.17) is 4.74 Å². The van der Waals surface area contributed by atoms with Crippen molar-refractivity contribution in [1.29, 1.82) is 0 Å². The van der Waals surface area contributed by atoms with E-state index in [9.17, 15) is 29.6 Å². The van der Waals surface area contributed by atoms with Crippen LogP contribution in [0.4, 0.5) is 5.69 Å². The van der Waals surface area contributed by atoms with Crippen LogP contribution in [0.15, 0.2) is 42.5 Å². The first-order valence-corrected chi connectivity index (χ1v) is 16.1. The molecule has 14 heteroatoms. The number of amides is 1. The number of β-lactam (4-membered cyclic amide) rings is 1. The van der Waals surface area contributed by atoms with Crippen LogP contribution in [0.1, 0.15) is 41.2 Å². The van der Waals surface area contributed by atoms with Crippen LogP contribution in [-0.4, -0.2) is 90.2 Å². The van der Waals surface area contributed by atoms with E-state index in [1.807, 2.05) is 24.9 Å². The fraction of sp³-hybridized carbons (Fsp3) is 0.448. The van der Waals surface area contributed by atoms with E-state index >= 15 is 0 Å². The van der Waals surface area contributed by atoms with Gasteiger partial charge in [-0.2, -0.15) is 11.8 Å². The van der Waals surface area contributed by atoms with Gasteiger partial charge in [0, 0.05) is 67.4 Å². The van der Waals surface area contributed by atoms with Crippen molar-refractivity contribution < 1.29 is 29.2 Å². The lowest BCUT2D eigenvalue weighted by Crippen LogP contribution is -2.63. The first-order valence-electron chi connectivity index (χ1n) is 14.1. The molecule has 1 N–H and O–H groups in total. The zero-order valence-corrected chi connectivity index (χ0v) is 25.3. The Morgan fingerprint density at radius 1 is 1.23 bits per heavy atom. The molecule has 2 saturated heterocycles. The largest absolute Gasteiger partial charge is 0.456 e. The maximum Gasteiger partial charge on any atom is 0.355 e. The molecule has 3 aliphatic heterocycles. The SMILES string of the molecule is C[C@@H](O)[C@H]1C(=O)N2C(C(=O)OCc3ccc([N+](=O)[O-])cc3)=C(c3cn4cnc(C(=O)CCN5CCSCC5)c4s3)[C@H](C)[C@H]12. The second kappa shape index (κ2) is 11.8. The number of nitro benzene ring substituents is 1. The molecule has 3 aromatic rings. The van der Waals surface area contributed by atoms with E-state index in [1.54, 1.807) is 17.7 Å². The Morgan fingerprint density at radius 3 is 2.63 bits per heavy atom. The number of benzene rings is 1.